The maximum atomic E-state index is 4.25. The fourth-order valence-electron chi connectivity index (χ4n) is 2.18. The average Bonchev–Trinajstić information content (AvgIpc) is 3.03. The Kier molecular flexibility index (Phi) is 3.90. The van der Waals surface area contributed by atoms with Crippen molar-refractivity contribution in [2.24, 2.45) is 0 Å². The third kappa shape index (κ3) is 3.13. The molecular formula is C17H17N3. The van der Waals surface area contributed by atoms with Gasteiger partial charge in [-0.25, -0.2) is 4.68 Å². The summed E-state index contributed by atoms with van der Waals surface area (Å²) in [5.41, 5.74) is 3.65. The first kappa shape index (κ1) is 12.6. The van der Waals surface area contributed by atoms with Gasteiger partial charge in [0, 0.05) is 25.5 Å². The molecule has 3 heteroatoms. The van der Waals surface area contributed by atoms with Gasteiger partial charge in [-0.15, -0.1) is 0 Å². The number of nitrogens with zero attached hydrogens (tertiary/aromatic N) is 2. The number of hydrogen-bond donors (Lipinski definition) is 1. The van der Waals surface area contributed by atoms with Crippen LogP contribution in [0.5, 0.6) is 0 Å². The minimum absolute atomic E-state index is 0.851. The van der Waals surface area contributed by atoms with Gasteiger partial charge in [0.2, 0.25) is 0 Å². The molecule has 0 saturated heterocycles. The molecule has 0 radical (unpaired) electrons. The lowest BCUT2D eigenvalue weighted by Crippen LogP contribution is -2.12. The van der Waals surface area contributed by atoms with E-state index in [1.54, 1.807) is 6.20 Å². The Morgan fingerprint density at radius 1 is 0.850 bits per heavy atom. The lowest BCUT2D eigenvalue weighted by atomic mass is 10.2. The third-order valence-corrected chi connectivity index (χ3v) is 3.18. The number of rotatable bonds is 5. The summed E-state index contributed by atoms with van der Waals surface area (Å²) >= 11 is 0. The van der Waals surface area contributed by atoms with Gasteiger partial charge >= 0.3 is 0 Å². The quantitative estimate of drug-likeness (QED) is 0.766. The van der Waals surface area contributed by atoms with Crippen molar-refractivity contribution in [3.8, 4) is 5.69 Å². The SMILES string of the molecule is c1ccc(CNCc2cccc(-n3cccn3)c2)cc1. The van der Waals surface area contributed by atoms with Gasteiger partial charge in [0.25, 0.3) is 0 Å². The van der Waals surface area contributed by atoms with Crippen LogP contribution in [0.3, 0.4) is 0 Å². The molecule has 1 aromatic heterocycles. The number of benzene rings is 2. The van der Waals surface area contributed by atoms with Crippen molar-refractivity contribution in [3.63, 3.8) is 0 Å². The molecule has 0 fully saturated rings. The van der Waals surface area contributed by atoms with E-state index in [4.69, 9.17) is 0 Å². The van der Waals surface area contributed by atoms with Gasteiger partial charge in [-0.1, -0.05) is 42.5 Å². The number of aromatic nitrogens is 2. The minimum Gasteiger partial charge on any atom is -0.309 e. The van der Waals surface area contributed by atoms with E-state index in [-0.39, 0.29) is 0 Å². The van der Waals surface area contributed by atoms with Crippen LogP contribution in [0.1, 0.15) is 11.1 Å². The van der Waals surface area contributed by atoms with Crippen molar-refractivity contribution < 1.29 is 0 Å². The Morgan fingerprint density at radius 2 is 1.65 bits per heavy atom. The maximum Gasteiger partial charge on any atom is 0.0648 e. The fraction of sp³-hybridized carbons (Fsp3) is 0.118. The maximum absolute atomic E-state index is 4.25. The molecule has 0 aliphatic rings. The van der Waals surface area contributed by atoms with Crippen LogP contribution >= 0.6 is 0 Å². The van der Waals surface area contributed by atoms with E-state index in [1.165, 1.54) is 11.1 Å². The zero-order chi connectivity index (χ0) is 13.6. The molecule has 1 N–H and O–H groups in total. The highest BCUT2D eigenvalue weighted by molar-refractivity contribution is 5.35. The summed E-state index contributed by atoms with van der Waals surface area (Å²) in [5, 5.41) is 7.71. The molecule has 0 aliphatic carbocycles. The van der Waals surface area contributed by atoms with Crippen molar-refractivity contribution in [2.75, 3.05) is 0 Å². The third-order valence-electron chi connectivity index (χ3n) is 3.18. The van der Waals surface area contributed by atoms with Crippen molar-refractivity contribution in [3.05, 3.63) is 84.2 Å². The summed E-state index contributed by atoms with van der Waals surface area (Å²) in [6, 6.07) is 20.8. The summed E-state index contributed by atoms with van der Waals surface area (Å²) in [4.78, 5) is 0. The summed E-state index contributed by atoms with van der Waals surface area (Å²) in [6.45, 7) is 1.73. The van der Waals surface area contributed by atoms with Gasteiger partial charge < -0.3 is 5.32 Å². The fourth-order valence-corrected chi connectivity index (χ4v) is 2.18. The molecule has 0 spiro atoms. The second-order valence-corrected chi connectivity index (χ2v) is 4.71. The van der Waals surface area contributed by atoms with Crippen LogP contribution in [0.15, 0.2) is 73.1 Å². The molecule has 3 nitrogen and oxygen atoms in total. The van der Waals surface area contributed by atoms with Crippen molar-refractivity contribution >= 4 is 0 Å². The van der Waals surface area contributed by atoms with Crippen LogP contribution in [0.2, 0.25) is 0 Å². The second kappa shape index (κ2) is 6.17. The molecule has 100 valence electrons. The standard InChI is InChI=1S/C17H17N3/c1-2-6-15(7-3-1)13-18-14-16-8-4-9-17(12-16)20-11-5-10-19-20/h1-12,18H,13-14H2. The highest BCUT2D eigenvalue weighted by Crippen LogP contribution is 2.09. The Bertz CT molecular complexity index is 645. The molecule has 20 heavy (non-hydrogen) atoms. The Hall–Kier alpha value is -2.39. The smallest absolute Gasteiger partial charge is 0.0648 e. The first-order valence-corrected chi connectivity index (χ1v) is 6.75. The molecular weight excluding hydrogens is 246 g/mol. The number of nitrogens with one attached hydrogen (secondary N) is 1. The summed E-state index contributed by atoms with van der Waals surface area (Å²) in [7, 11) is 0. The number of hydrogen-bond acceptors (Lipinski definition) is 2. The molecule has 0 saturated carbocycles. The van der Waals surface area contributed by atoms with E-state index >= 15 is 0 Å². The molecule has 0 amide bonds. The van der Waals surface area contributed by atoms with E-state index in [9.17, 15) is 0 Å². The molecule has 3 aromatic rings. The molecule has 0 aliphatic heterocycles. The molecule has 3 rings (SSSR count). The van der Waals surface area contributed by atoms with E-state index in [1.807, 2.05) is 23.0 Å². The zero-order valence-corrected chi connectivity index (χ0v) is 11.2. The first-order chi connectivity index (χ1) is 9.92. The largest absolute Gasteiger partial charge is 0.309 e. The molecule has 0 bridgehead atoms. The highest BCUT2D eigenvalue weighted by atomic mass is 15.3. The zero-order valence-electron chi connectivity index (χ0n) is 11.2. The predicted molar refractivity (Wildman–Crippen MR) is 80.5 cm³/mol. The van der Waals surface area contributed by atoms with Crippen LogP contribution in [0.4, 0.5) is 0 Å². The van der Waals surface area contributed by atoms with E-state index in [0.29, 0.717) is 0 Å². The van der Waals surface area contributed by atoms with Crippen LogP contribution in [0, 0.1) is 0 Å². The monoisotopic (exact) mass is 263 g/mol. The molecule has 0 unspecified atom stereocenters. The van der Waals surface area contributed by atoms with Gasteiger partial charge in [-0.05, 0) is 29.3 Å². The van der Waals surface area contributed by atoms with Gasteiger partial charge in [-0.3, -0.25) is 0 Å². The van der Waals surface area contributed by atoms with E-state index in [0.717, 1.165) is 18.8 Å². The normalized spacial score (nSPS) is 10.6. The second-order valence-electron chi connectivity index (χ2n) is 4.71. The topological polar surface area (TPSA) is 29.9 Å². The van der Waals surface area contributed by atoms with Crippen LogP contribution in [-0.4, -0.2) is 9.78 Å². The summed E-state index contributed by atoms with van der Waals surface area (Å²) in [5.74, 6) is 0. The minimum atomic E-state index is 0.851. The van der Waals surface area contributed by atoms with Crippen molar-refractivity contribution in [1.29, 1.82) is 0 Å². The Morgan fingerprint density at radius 3 is 2.45 bits per heavy atom. The average molecular weight is 263 g/mol. The van der Waals surface area contributed by atoms with E-state index < -0.39 is 0 Å². The Balaban J connectivity index is 1.62. The predicted octanol–water partition coefficient (Wildman–Crippen LogP) is 3.16. The highest BCUT2D eigenvalue weighted by Gasteiger charge is 1.98. The summed E-state index contributed by atoms with van der Waals surface area (Å²) in [6.07, 6.45) is 3.75. The molecule has 0 atom stereocenters. The first-order valence-electron chi connectivity index (χ1n) is 6.75. The molecule has 2 aromatic carbocycles. The van der Waals surface area contributed by atoms with Crippen molar-refractivity contribution in [1.82, 2.24) is 15.1 Å². The Labute approximate surface area is 118 Å². The van der Waals surface area contributed by atoms with Gasteiger partial charge in [-0.2, -0.15) is 5.10 Å². The lowest BCUT2D eigenvalue weighted by Gasteiger charge is -2.07. The lowest BCUT2D eigenvalue weighted by molar-refractivity contribution is 0.692. The van der Waals surface area contributed by atoms with Crippen LogP contribution < -0.4 is 5.32 Å². The van der Waals surface area contributed by atoms with Gasteiger partial charge in [0.1, 0.15) is 0 Å². The van der Waals surface area contributed by atoms with Crippen LogP contribution in [-0.2, 0) is 13.1 Å². The van der Waals surface area contributed by atoms with Gasteiger partial charge in [0.15, 0.2) is 0 Å². The van der Waals surface area contributed by atoms with E-state index in [2.05, 4.69) is 58.9 Å². The van der Waals surface area contributed by atoms with Crippen molar-refractivity contribution in [2.45, 2.75) is 13.1 Å². The molecule has 1 heterocycles. The van der Waals surface area contributed by atoms with Crippen LogP contribution in [0.25, 0.3) is 5.69 Å². The summed E-state index contributed by atoms with van der Waals surface area (Å²) < 4.78 is 1.88. The van der Waals surface area contributed by atoms with Gasteiger partial charge in [0.05, 0.1) is 5.69 Å².